The molecule has 2 nitrogen and oxygen atoms in total. The van der Waals surface area contributed by atoms with E-state index in [2.05, 4.69) is 12.6 Å². The number of carboxylic acid groups (broad SMARTS) is 1. The van der Waals surface area contributed by atoms with Gasteiger partial charge in [-0.25, -0.2) is 0 Å². The van der Waals surface area contributed by atoms with Gasteiger partial charge in [0.1, 0.15) is 0 Å². The van der Waals surface area contributed by atoms with E-state index in [1.165, 1.54) is 0 Å². The highest BCUT2D eigenvalue weighted by atomic mass is 32.1. The number of aliphatic carboxylic acids is 1. The maximum atomic E-state index is 10.8. The van der Waals surface area contributed by atoms with E-state index < -0.39 is 11.9 Å². The van der Waals surface area contributed by atoms with Crippen molar-refractivity contribution in [2.45, 2.75) is 12.8 Å². The second-order valence-corrected chi connectivity index (χ2v) is 3.69. The van der Waals surface area contributed by atoms with E-state index >= 15 is 0 Å². The highest BCUT2D eigenvalue weighted by Crippen LogP contribution is 2.25. The molecule has 0 bridgehead atoms. The fourth-order valence-electron chi connectivity index (χ4n) is 1.42. The third kappa shape index (κ3) is 2.51. The Kier molecular flexibility index (Phi) is 4.01. The van der Waals surface area contributed by atoms with Crippen molar-refractivity contribution in [1.29, 1.82) is 0 Å². The summed E-state index contributed by atoms with van der Waals surface area (Å²) in [5.74, 6) is -0.628. The molecule has 1 aromatic rings. The molecule has 0 aliphatic heterocycles. The molecule has 2 atom stereocenters. The van der Waals surface area contributed by atoms with Gasteiger partial charge >= 0.3 is 5.97 Å². The molecule has 0 saturated heterocycles. The summed E-state index contributed by atoms with van der Waals surface area (Å²) in [6.45, 7) is 1.72. The van der Waals surface area contributed by atoms with Crippen molar-refractivity contribution in [3.63, 3.8) is 0 Å². The number of hydrogen-bond donors (Lipinski definition) is 2. The molecule has 1 N–H and O–H groups in total. The predicted molar refractivity (Wildman–Crippen MR) is 59.8 cm³/mol. The quantitative estimate of drug-likeness (QED) is 0.749. The van der Waals surface area contributed by atoms with Gasteiger partial charge in [-0.05, 0) is 11.3 Å². The average Bonchev–Trinajstić information content (AvgIpc) is 2.20. The first-order chi connectivity index (χ1) is 6.66. The first kappa shape index (κ1) is 11.1. The minimum atomic E-state index is -0.770. The zero-order valence-corrected chi connectivity index (χ0v) is 8.95. The number of carbonyl (C=O) groups is 1. The summed E-state index contributed by atoms with van der Waals surface area (Å²) >= 11 is 4.20. The van der Waals surface area contributed by atoms with E-state index in [-0.39, 0.29) is 5.92 Å². The van der Waals surface area contributed by atoms with Crippen LogP contribution in [0.2, 0.25) is 0 Å². The normalized spacial score (nSPS) is 14.7. The van der Waals surface area contributed by atoms with Gasteiger partial charge in [-0.15, -0.1) is 0 Å². The van der Waals surface area contributed by atoms with E-state index in [1.807, 2.05) is 30.3 Å². The van der Waals surface area contributed by atoms with Gasteiger partial charge in [-0.1, -0.05) is 37.3 Å². The van der Waals surface area contributed by atoms with Crippen LogP contribution in [0.1, 0.15) is 18.4 Å². The minimum Gasteiger partial charge on any atom is -0.481 e. The van der Waals surface area contributed by atoms with Crippen LogP contribution in [0.15, 0.2) is 30.3 Å². The molecule has 2 unspecified atom stereocenters. The number of benzene rings is 1. The molecule has 1 rings (SSSR count). The molecule has 0 aliphatic carbocycles. The first-order valence-electron chi connectivity index (χ1n) is 4.55. The first-order valence-corrected chi connectivity index (χ1v) is 5.18. The summed E-state index contributed by atoms with van der Waals surface area (Å²) in [4.78, 5) is 10.8. The van der Waals surface area contributed by atoms with Crippen molar-refractivity contribution in [2.24, 2.45) is 5.92 Å². The Morgan fingerprint density at radius 2 is 2.00 bits per heavy atom. The van der Waals surface area contributed by atoms with Crippen LogP contribution in [0, 0.1) is 5.92 Å². The van der Waals surface area contributed by atoms with Crippen molar-refractivity contribution >= 4 is 18.6 Å². The van der Waals surface area contributed by atoms with Gasteiger partial charge < -0.3 is 5.11 Å². The van der Waals surface area contributed by atoms with Crippen LogP contribution in [0.4, 0.5) is 0 Å². The third-order valence-electron chi connectivity index (χ3n) is 2.42. The van der Waals surface area contributed by atoms with E-state index in [4.69, 9.17) is 5.11 Å². The zero-order chi connectivity index (χ0) is 10.6. The molecule has 0 radical (unpaired) electrons. The topological polar surface area (TPSA) is 37.3 Å². The van der Waals surface area contributed by atoms with Gasteiger partial charge in [0, 0.05) is 5.92 Å². The van der Waals surface area contributed by atoms with Gasteiger partial charge in [0.15, 0.2) is 0 Å². The van der Waals surface area contributed by atoms with E-state index in [1.54, 1.807) is 6.92 Å². The molecule has 0 heterocycles. The Balaban J connectivity index is 2.87. The molecule has 0 aliphatic rings. The molecule has 0 saturated carbocycles. The molecule has 0 spiro atoms. The number of hydrogen-bond acceptors (Lipinski definition) is 2. The van der Waals surface area contributed by atoms with Crippen molar-refractivity contribution < 1.29 is 9.90 Å². The number of rotatable bonds is 4. The second-order valence-electron chi connectivity index (χ2n) is 3.33. The van der Waals surface area contributed by atoms with Crippen LogP contribution in [0.3, 0.4) is 0 Å². The molecule has 0 amide bonds. The second kappa shape index (κ2) is 5.05. The highest BCUT2D eigenvalue weighted by molar-refractivity contribution is 7.80. The Hall–Kier alpha value is -0.960. The fraction of sp³-hybridized carbons (Fsp3) is 0.364. The summed E-state index contributed by atoms with van der Waals surface area (Å²) in [5, 5.41) is 8.91. The van der Waals surface area contributed by atoms with Crippen LogP contribution < -0.4 is 0 Å². The Morgan fingerprint density at radius 3 is 2.43 bits per heavy atom. The highest BCUT2D eigenvalue weighted by Gasteiger charge is 2.23. The molecular weight excluding hydrogens is 196 g/mol. The molecule has 1 aromatic carbocycles. The Bertz CT molecular complexity index is 297. The maximum Gasteiger partial charge on any atom is 0.306 e. The van der Waals surface area contributed by atoms with Crippen molar-refractivity contribution in [1.82, 2.24) is 0 Å². The van der Waals surface area contributed by atoms with Crippen LogP contribution in [0.5, 0.6) is 0 Å². The van der Waals surface area contributed by atoms with Gasteiger partial charge in [-0.2, -0.15) is 12.6 Å². The maximum absolute atomic E-state index is 10.8. The fourth-order valence-corrected chi connectivity index (χ4v) is 1.95. The minimum absolute atomic E-state index is 0.0166. The van der Waals surface area contributed by atoms with Crippen molar-refractivity contribution in [3.8, 4) is 0 Å². The van der Waals surface area contributed by atoms with Gasteiger partial charge in [0.05, 0.1) is 5.92 Å². The Labute approximate surface area is 89.4 Å². The van der Waals surface area contributed by atoms with Crippen molar-refractivity contribution in [3.05, 3.63) is 35.9 Å². The van der Waals surface area contributed by atoms with Crippen molar-refractivity contribution in [2.75, 3.05) is 5.75 Å². The SMILES string of the molecule is CC(C(=O)O)C(CS)c1ccccc1. The van der Waals surface area contributed by atoms with Crippen LogP contribution in [-0.2, 0) is 4.79 Å². The summed E-state index contributed by atoms with van der Waals surface area (Å²) < 4.78 is 0. The predicted octanol–water partition coefficient (Wildman–Crippen LogP) is 2.42. The molecule has 76 valence electrons. The molecule has 3 heteroatoms. The summed E-state index contributed by atoms with van der Waals surface area (Å²) in [6.07, 6.45) is 0. The van der Waals surface area contributed by atoms with Gasteiger partial charge in [0.25, 0.3) is 0 Å². The number of thiol groups is 1. The van der Waals surface area contributed by atoms with E-state index in [9.17, 15) is 4.79 Å². The van der Waals surface area contributed by atoms with Gasteiger partial charge in [0.2, 0.25) is 0 Å². The largest absolute Gasteiger partial charge is 0.481 e. The summed E-state index contributed by atoms with van der Waals surface area (Å²) in [6, 6.07) is 9.64. The molecule has 0 aromatic heterocycles. The molecular formula is C11H14O2S. The number of carboxylic acids is 1. The lowest BCUT2D eigenvalue weighted by molar-refractivity contribution is -0.141. The summed E-state index contributed by atoms with van der Waals surface area (Å²) in [5.41, 5.74) is 1.04. The molecule has 14 heavy (non-hydrogen) atoms. The monoisotopic (exact) mass is 210 g/mol. The average molecular weight is 210 g/mol. The smallest absolute Gasteiger partial charge is 0.306 e. The van der Waals surface area contributed by atoms with E-state index in [0.717, 1.165) is 5.56 Å². The Morgan fingerprint density at radius 1 is 1.43 bits per heavy atom. The third-order valence-corrected chi connectivity index (χ3v) is 2.81. The van der Waals surface area contributed by atoms with Crippen LogP contribution in [-0.4, -0.2) is 16.8 Å². The van der Waals surface area contributed by atoms with E-state index in [0.29, 0.717) is 5.75 Å². The lowest BCUT2D eigenvalue weighted by Crippen LogP contribution is -2.20. The summed E-state index contributed by atoms with van der Waals surface area (Å²) in [7, 11) is 0. The zero-order valence-electron chi connectivity index (χ0n) is 8.05. The van der Waals surface area contributed by atoms with Gasteiger partial charge in [-0.3, -0.25) is 4.79 Å². The lowest BCUT2D eigenvalue weighted by atomic mass is 9.89. The standard InChI is InChI=1S/C11H14O2S/c1-8(11(12)13)10(7-14)9-5-3-2-4-6-9/h2-6,8,10,14H,7H2,1H3,(H,12,13). The van der Waals surface area contributed by atoms with Crippen LogP contribution >= 0.6 is 12.6 Å². The lowest BCUT2D eigenvalue weighted by Gasteiger charge is -2.18. The molecule has 0 fully saturated rings. The van der Waals surface area contributed by atoms with Crippen LogP contribution in [0.25, 0.3) is 0 Å².